The molecular weight excluding hydrogens is 262 g/mol. The van der Waals surface area contributed by atoms with E-state index >= 15 is 0 Å². The smallest absolute Gasteiger partial charge is 0.315 e. The molecule has 7 heteroatoms. The van der Waals surface area contributed by atoms with Gasteiger partial charge in [0.05, 0.1) is 12.1 Å². The van der Waals surface area contributed by atoms with Crippen LogP contribution in [0.5, 0.6) is 0 Å². The molecule has 7 nitrogen and oxygen atoms in total. The van der Waals surface area contributed by atoms with E-state index < -0.39 is 17.9 Å². The number of hydrogen-bond acceptors (Lipinski definition) is 4. The normalized spacial score (nSPS) is 23.3. The second kappa shape index (κ2) is 5.94. The molecule has 0 spiro atoms. The molecule has 0 saturated heterocycles. The zero-order valence-electron chi connectivity index (χ0n) is 11.5. The van der Waals surface area contributed by atoms with Gasteiger partial charge in [-0.2, -0.15) is 0 Å². The van der Waals surface area contributed by atoms with Gasteiger partial charge in [0.1, 0.15) is 11.8 Å². The Bertz CT molecular complexity index is 500. The van der Waals surface area contributed by atoms with Gasteiger partial charge in [-0.05, 0) is 26.7 Å². The Morgan fingerprint density at radius 2 is 2.25 bits per heavy atom. The minimum atomic E-state index is -0.857. The quantitative estimate of drug-likeness (QED) is 0.777. The van der Waals surface area contributed by atoms with Gasteiger partial charge in [0.15, 0.2) is 0 Å². The third-order valence-electron chi connectivity index (χ3n) is 3.51. The first-order chi connectivity index (χ1) is 9.47. The Kier molecular flexibility index (Phi) is 4.26. The number of aryl methyl sites for hydroxylation is 1. The van der Waals surface area contributed by atoms with Crippen LogP contribution in [-0.4, -0.2) is 28.1 Å². The number of rotatable bonds is 4. The second-order valence-corrected chi connectivity index (χ2v) is 5.13. The second-order valence-electron chi connectivity index (χ2n) is 5.13. The predicted molar refractivity (Wildman–Crippen MR) is 70.1 cm³/mol. The molecule has 1 aromatic rings. The lowest BCUT2D eigenvalue weighted by Gasteiger charge is -2.19. The molecule has 0 aliphatic heterocycles. The van der Waals surface area contributed by atoms with Crippen LogP contribution < -0.4 is 10.6 Å². The molecular formula is C13H19N3O4. The van der Waals surface area contributed by atoms with Crippen LogP contribution in [0.3, 0.4) is 0 Å². The van der Waals surface area contributed by atoms with Gasteiger partial charge < -0.3 is 20.2 Å². The van der Waals surface area contributed by atoms with Crippen LogP contribution in [0.4, 0.5) is 4.79 Å². The predicted octanol–water partition coefficient (Wildman–Crippen LogP) is 1.60. The number of oxazole rings is 1. The summed E-state index contributed by atoms with van der Waals surface area (Å²) in [6.07, 6.45) is 3.70. The molecule has 1 aliphatic carbocycles. The molecule has 1 saturated carbocycles. The molecule has 1 fully saturated rings. The van der Waals surface area contributed by atoms with Crippen molar-refractivity contribution in [3.05, 3.63) is 17.8 Å². The Labute approximate surface area is 116 Å². The maximum atomic E-state index is 11.9. The summed E-state index contributed by atoms with van der Waals surface area (Å²) in [5.41, 5.74) is 0. The highest BCUT2D eigenvalue weighted by Gasteiger charge is 2.34. The van der Waals surface area contributed by atoms with Crippen molar-refractivity contribution in [3.63, 3.8) is 0 Å². The number of aliphatic carboxylic acids is 1. The highest BCUT2D eigenvalue weighted by atomic mass is 16.4. The number of carbonyl (C=O) groups excluding carboxylic acids is 1. The number of nitrogens with zero attached hydrogens (tertiary/aromatic N) is 1. The number of hydrogen-bond donors (Lipinski definition) is 3. The molecule has 0 aromatic carbocycles. The molecule has 1 aromatic heterocycles. The third kappa shape index (κ3) is 3.28. The number of aromatic nitrogens is 1. The highest BCUT2D eigenvalue weighted by Crippen LogP contribution is 2.25. The van der Waals surface area contributed by atoms with Gasteiger partial charge in [-0.3, -0.25) is 4.79 Å². The first-order valence-corrected chi connectivity index (χ1v) is 6.69. The fourth-order valence-electron chi connectivity index (χ4n) is 2.47. The van der Waals surface area contributed by atoms with Crippen molar-refractivity contribution < 1.29 is 19.1 Å². The van der Waals surface area contributed by atoms with E-state index in [2.05, 4.69) is 15.6 Å². The Morgan fingerprint density at radius 3 is 2.85 bits per heavy atom. The van der Waals surface area contributed by atoms with Gasteiger partial charge in [-0.15, -0.1) is 0 Å². The molecule has 2 rings (SSSR count). The maximum absolute atomic E-state index is 11.9. The van der Waals surface area contributed by atoms with E-state index in [0.29, 0.717) is 24.5 Å². The van der Waals surface area contributed by atoms with Crippen molar-refractivity contribution in [3.8, 4) is 0 Å². The molecule has 1 heterocycles. The first-order valence-electron chi connectivity index (χ1n) is 6.69. The standard InChI is InChI=1S/C13H19N3O4/c1-7-6-14-11(20-7)8(2)15-13(19)16-10-5-3-4-9(10)12(17)18/h6,8-10H,3-5H2,1-2H3,(H,17,18)(H2,15,16,19). The lowest BCUT2D eigenvalue weighted by molar-refractivity contribution is -0.142. The molecule has 0 radical (unpaired) electrons. The number of carboxylic acid groups (broad SMARTS) is 1. The zero-order valence-corrected chi connectivity index (χ0v) is 11.5. The van der Waals surface area contributed by atoms with Gasteiger partial charge in [0.25, 0.3) is 0 Å². The van der Waals surface area contributed by atoms with E-state index in [9.17, 15) is 9.59 Å². The SMILES string of the molecule is Cc1cnc(C(C)NC(=O)NC2CCCC2C(=O)O)o1. The lowest BCUT2D eigenvalue weighted by Crippen LogP contribution is -2.46. The van der Waals surface area contributed by atoms with E-state index in [4.69, 9.17) is 9.52 Å². The van der Waals surface area contributed by atoms with Crippen LogP contribution in [-0.2, 0) is 4.79 Å². The number of nitrogens with one attached hydrogen (secondary N) is 2. The van der Waals surface area contributed by atoms with Crippen molar-refractivity contribution >= 4 is 12.0 Å². The molecule has 0 bridgehead atoms. The van der Waals surface area contributed by atoms with Crippen molar-refractivity contribution in [2.75, 3.05) is 0 Å². The van der Waals surface area contributed by atoms with Gasteiger partial charge >= 0.3 is 12.0 Å². The molecule has 110 valence electrons. The van der Waals surface area contributed by atoms with Crippen molar-refractivity contribution in [2.45, 2.75) is 45.2 Å². The molecule has 3 atom stereocenters. The fraction of sp³-hybridized carbons (Fsp3) is 0.615. The van der Waals surface area contributed by atoms with Gasteiger partial charge in [0.2, 0.25) is 5.89 Å². The van der Waals surface area contributed by atoms with E-state index in [-0.39, 0.29) is 12.1 Å². The molecule has 3 unspecified atom stereocenters. The van der Waals surface area contributed by atoms with Crippen LogP contribution in [0.2, 0.25) is 0 Å². The summed E-state index contributed by atoms with van der Waals surface area (Å²) in [4.78, 5) is 27.0. The van der Waals surface area contributed by atoms with Crippen LogP contribution in [0.1, 0.15) is 43.9 Å². The monoisotopic (exact) mass is 281 g/mol. The van der Waals surface area contributed by atoms with Gasteiger partial charge in [0, 0.05) is 6.04 Å². The third-order valence-corrected chi connectivity index (χ3v) is 3.51. The summed E-state index contributed by atoms with van der Waals surface area (Å²) in [6.45, 7) is 3.54. The Balaban J connectivity index is 1.87. The van der Waals surface area contributed by atoms with E-state index in [0.717, 1.165) is 6.42 Å². The van der Waals surface area contributed by atoms with E-state index in [1.807, 2.05) is 0 Å². The van der Waals surface area contributed by atoms with Crippen LogP contribution in [0.25, 0.3) is 0 Å². The molecule has 20 heavy (non-hydrogen) atoms. The minimum Gasteiger partial charge on any atom is -0.481 e. The number of urea groups is 1. The summed E-state index contributed by atoms with van der Waals surface area (Å²) >= 11 is 0. The summed E-state index contributed by atoms with van der Waals surface area (Å²) in [7, 11) is 0. The first kappa shape index (κ1) is 14.4. The highest BCUT2D eigenvalue weighted by molar-refractivity contribution is 5.77. The van der Waals surface area contributed by atoms with Crippen LogP contribution >= 0.6 is 0 Å². The largest absolute Gasteiger partial charge is 0.481 e. The zero-order chi connectivity index (χ0) is 14.7. The molecule has 3 N–H and O–H groups in total. The number of carboxylic acids is 1. The van der Waals surface area contributed by atoms with Gasteiger partial charge in [-0.1, -0.05) is 6.42 Å². The van der Waals surface area contributed by atoms with Crippen LogP contribution in [0, 0.1) is 12.8 Å². The van der Waals surface area contributed by atoms with Crippen LogP contribution in [0.15, 0.2) is 10.6 Å². The summed E-state index contributed by atoms with van der Waals surface area (Å²) in [6, 6.07) is -1.08. The maximum Gasteiger partial charge on any atom is 0.315 e. The number of carbonyl (C=O) groups is 2. The van der Waals surface area contributed by atoms with Gasteiger partial charge in [-0.25, -0.2) is 9.78 Å². The van der Waals surface area contributed by atoms with Crippen molar-refractivity contribution in [1.82, 2.24) is 15.6 Å². The minimum absolute atomic E-state index is 0.314. The average molecular weight is 281 g/mol. The Morgan fingerprint density at radius 1 is 1.50 bits per heavy atom. The molecule has 1 aliphatic rings. The van der Waals surface area contributed by atoms with Crippen molar-refractivity contribution in [2.24, 2.45) is 5.92 Å². The molecule has 2 amide bonds. The van der Waals surface area contributed by atoms with Crippen molar-refractivity contribution in [1.29, 1.82) is 0 Å². The van der Waals surface area contributed by atoms with E-state index in [1.165, 1.54) is 0 Å². The lowest BCUT2D eigenvalue weighted by atomic mass is 10.0. The average Bonchev–Trinajstić information content (AvgIpc) is 2.97. The fourth-order valence-corrected chi connectivity index (χ4v) is 2.47. The number of amides is 2. The Hall–Kier alpha value is -2.05. The summed E-state index contributed by atoms with van der Waals surface area (Å²) in [5.74, 6) is -0.251. The van der Waals surface area contributed by atoms with E-state index in [1.54, 1.807) is 20.0 Å². The summed E-state index contributed by atoms with van der Waals surface area (Å²) in [5, 5.41) is 14.5. The summed E-state index contributed by atoms with van der Waals surface area (Å²) < 4.78 is 5.33. The topological polar surface area (TPSA) is 104 Å².